The molecule has 4 rings (SSSR count). The number of furan rings is 1. The van der Waals surface area contributed by atoms with E-state index in [2.05, 4.69) is 0 Å². The van der Waals surface area contributed by atoms with Crippen molar-refractivity contribution in [1.82, 2.24) is 4.90 Å². The van der Waals surface area contributed by atoms with Crippen LogP contribution in [0.1, 0.15) is 22.5 Å². The third kappa shape index (κ3) is 4.94. The second-order valence-corrected chi connectivity index (χ2v) is 10.2. The molecule has 0 aliphatic carbocycles. The van der Waals surface area contributed by atoms with Gasteiger partial charge in [0.25, 0.3) is 5.91 Å². The van der Waals surface area contributed by atoms with Gasteiger partial charge in [0.1, 0.15) is 17.3 Å². The van der Waals surface area contributed by atoms with E-state index in [1.807, 2.05) is 18.2 Å². The lowest BCUT2D eigenvalue weighted by Gasteiger charge is -2.27. The number of hydrogen-bond donors (Lipinski definition) is 0. The first-order valence-electron chi connectivity index (χ1n) is 9.85. The lowest BCUT2D eigenvalue weighted by molar-refractivity contribution is 0.0666. The van der Waals surface area contributed by atoms with Crippen LogP contribution in [0.4, 0.5) is 0 Å². The van der Waals surface area contributed by atoms with Crippen molar-refractivity contribution < 1.29 is 22.4 Å². The van der Waals surface area contributed by atoms with Crippen LogP contribution in [0.25, 0.3) is 11.3 Å². The summed E-state index contributed by atoms with van der Waals surface area (Å²) in [5.74, 6) is 1.64. The Morgan fingerprint density at radius 3 is 2.58 bits per heavy atom. The summed E-state index contributed by atoms with van der Waals surface area (Å²) in [5.41, 5.74) is 1.29. The maximum absolute atomic E-state index is 13.3. The summed E-state index contributed by atoms with van der Waals surface area (Å²) < 4.78 is 35.3. The summed E-state index contributed by atoms with van der Waals surface area (Å²) in [6.07, 6.45) is 0.409. The van der Waals surface area contributed by atoms with Gasteiger partial charge in [0, 0.05) is 22.2 Å². The molecule has 0 spiro atoms. The van der Waals surface area contributed by atoms with Gasteiger partial charge in [-0.25, -0.2) is 8.42 Å². The van der Waals surface area contributed by atoms with Gasteiger partial charge in [-0.05, 0) is 55.0 Å². The summed E-state index contributed by atoms with van der Waals surface area (Å²) >= 11 is 6.07. The van der Waals surface area contributed by atoms with E-state index < -0.39 is 15.9 Å². The molecule has 0 saturated carbocycles. The highest BCUT2D eigenvalue weighted by Gasteiger charge is 2.35. The Hall–Kier alpha value is -2.77. The molecule has 0 bridgehead atoms. The van der Waals surface area contributed by atoms with E-state index in [4.69, 9.17) is 20.8 Å². The number of benzene rings is 2. The van der Waals surface area contributed by atoms with Gasteiger partial charge in [0.05, 0.1) is 25.2 Å². The van der Waals surface area contributed by atoms with Crippen molar-refractivity contribution >= 4 is 27.3 Å². The Kier molecular flexibility index (Phi) is 6.07. The molecule has 0 radical (unpaired) electrons. The molecule has 2 aromatic carbocycles. The van der Waals surface area contributed by atoms with Crippen molar-refractivity contribution in [2.45, 2.75) is 19.0 Å². The molecule has 8 heteroatoms. The summed E-state index contributed by atoms with van der Waals surface area (Å²) in [4.78, 5) is 14.9. The van der Waals surface area contributed by atoms with Crippen LogP contribution in [0, 0.1) is 0 Å². The number of hydrogen-bond acceptors (Lipinski definition) is 5. The number of carbonyl (C=O) groups is 1. The number of halogens is 1. The topological polar surface area (TPSA) is 76.8 Å². The molecule has 1 aromatic heterocycles. The first-order chi connectivity index (χ1) is 14.8. The minimum atomic E-state index is -3.16. The van der Waals surface area contributed by atoms with Crippen LogP contribution in [-0.4, -0.2) is 43.9 Å². The van der Waals surface area contributed by atoms with E-state index in [0.717, 1.165) is 5.56 Å². The molecule has 3 aromatic rings. The molecule has 1 aliphatic heterocycles. The molecular formula is C23H22ClNO5S. The summed E-state index contributed by atoms with van der Waals surface area (Å²) in [6, 6.07) is 17.3. The van der Waals surface area contributed by atoms with Gasteiger partial charge >= 0.3 is 0 Å². The van der Waals surface area contributed by atoms with Crippen molar-refractivity contribution in [3.63, 3.8) is 0 Å². The van der Waals surface area contributed by atoms with Crippen LogP contribution in [0.2, 0.25) is 5.02 Å². The lowest BCUT2D eigenvalue weighted by Crippen LogP contribution is -2.40. The van der Waals surface area contributed by atoms with E-state index in [9.17, 15) is 13.2 Å². The molecule has 31 heavy (non-hydrogen) atoms. The van der Waals surface area contributed by atoms with Gasteiger partial charge in [-0.15, -0.1) is 0 Å². The Morgan fingerprint density at radius 2 is 1.94 bits per heavy atom. The fourth-order valence-electron chi connectivity index (χ4n) is 3.72. The smallest absolute Gasteiger partial charge is 0.254 e. The maximum Gasteiger partial charge on any atom is 0.254 e. The first-order valence-corrected chi connectivity index (χ1v) is 12.0. The Bertz CT molecular complexity index is 1190. The average Bonchev–Trinajstić information content (AvgIpc) is 3.37. The van der Waals surface area contributed by atoms with Gasteiger partial charge in [-0.2, -0.15) is 0 Å². The second kappa shape index (κ2) is 8.77. The standard InChI is InChI=1S/C23H22ClNO5S/c1-29-20-7-5-16(6-8-20)23(26)25(19-11-12-31(27,28)15-19)14-21-9-10-22(30-21)17-3-2-4-18(24)13-17/h2-10,13,19H,11-12,14-15H2,1H3/t19-/m0/s1. The highest BCUT2D eigenvalue weighted by Crippen LogP contribution is 2.28. The maximum atomic E-state index is 13.3. The van der Waals surface area contributed by atoms with E-state index >= 15 is 0 Å². The Morgan fingerprint density at radius 1 is 1.16 bits per heavy atom. The van der Waals surface area contributed by atoms with Crippen molar-refractivity contribution in [2.24, 2.45) is 0 Å². The molecule has 2 heterocycles. The number of methoxy groups -OCH3 is 1. The quantitative estimate of drug-likeness (QED) is 0.544. The van der Waals surface area contributed by atoms with E-state index in [1.54, 1.807) is 54.5 Å². The molecule has 0 N–H and O–H groups in total. The third-order valence-electron chi connectivity index (χ3n) is 5.34. The number of sulfone groups is 1. The van der Waals surface area contributed by atoms with E-state index in [1.165, 1.54) is 0 Å². The minimum Gasteiger partial charge on any atom is -0.497 e. The zero-order valence-corrected chi connectivity index (χ0v) is 18.5. The van der Waals surface area contributed by atoms with Gasteiger partial charge in [-0.3, -0.25) is 4.79 Å². The number of carbonyl (C=O) groups excluding carboxylic acids is 1. The summed E-state index contributed by atoms with van der Waals surface area (Å²) in [5, 5.41) is 0.600. The Labute approximate surface area is 186 Å². The fraction of sp³-hybridized carbons (Fsp3) is 0.261. The first kappa shape index (κ1) is 21.5. The van der Waals surface area contributed by atoms with Crippen molar-refractivity contribution in [2.75, 3.05) is 18.6 Å². The van der Waals surface area contributed by atoms with Crippen LogP contribution in [0.5, 0.6) is 5.75 Å². The van der Waals surface area contributed by atoms with Gasteiger partial charge in [0.2, 0.25) is 0 Å². The zero-order valence-electron chi connectivity index (χ0n) is 17.0. The molecule has 1 saturated heterocycles. The van der Waals surface area contributed by atoms with Gasteiger partial charge < -0.3 is 14.1 Å². The number of nitrogens with zero attached hydrogens (tertiary/aromatic N) is 1. The van der Waals surface area contributed by atoms with Crippen molar-refractivity contribution in [1.29, 1.82) is 0 Å². The van der Waals surface area contributed by atoms with Crippen LogP contribution < -0.4 is 4.74 Å². The molecular weight excluding hydrogens is 438 g/mol. The normalized spacial score (nSPS) is 17.4. The van der Waals surface area contributed by atoms with Crippen LogP contribution >= 0.6 is 11.6 Å². The largest absolute Gasteiger partial charge is 0.497 e. The predicted octanol–water partition coefficient (Wildman–Crippen LogP) is 4.44. The monoisotopic (exact) mass is 459 g/mol. The van der Waals surface area contributed by atoms with Gasteiger partial charge in [0.15, 0.2) is 9.84 Å². The van der Waals surface area contributed by atoms with Crippen LogP contribution in [-0.2, 0) is 16.4 Å². The van der Waals surface area contributed by atoms with Gasteiger partial charge in [-0.1, -0.05) is 23.7 Å². The zero-order chi connectivity index (χ0) is 22.0. The highest BCUT2D eigenvalue weighted by molar-refractivity contribution is 7.91. The minimum absolute atomic E-state index is 0.0449. The Balaban J connectivity index is 1.61. The highest BCUT2D eigenvalue weighted by atomic mass is 35.5. The fourth-order valence-corrected chi connectivity index (χ4v) is 5.64. The number of ether oxygens (including phenoxy) is 1. The van der Waals surface area contributed by atoms with E-state index in [0.29, 0.717) is 34.3 Å². The lowest BCUT2D eigenvalue weighted by atomic mass is 10.1. The third-order valence-corrected chi connectivity index (χ3v) is 7.33. The van der Waals surface area contributed by atoms with Crippen LogP contribution in [0.15, 0.2) is 65.1 Å². The molecule has 1 amide bonds. The van der Waals surface area contributed by atoms with Crippen molar-refractivity contribution in [3.8, 4) is 17.1 Å². The SMILES string of the molecule is COc1ccc(C(=O)N(Cc2ccc(-c3cccc(Cl)c3)o2)[C@H]2CCS(=O)(=O)C2)cc1. The van der Waals surface area contributed by atoms with Crippen LogP contribution in [0.3, 0.4) is 0 Å². The summed E-state index contributed by atoms with van der Waals surface area (Å²) in [7, 11) is -1.60. The van der Waals surface area contributed by atoms with Crippen molar-refractivity contribution in [3.05, 3.63) is 77.0 Å². The number of rotatable bonds is 6. The number of amides is 1. The molecule has 162 valence electrons. The van der Waals surface area contributed by atoms with E-state index in [-0.39, 0.29) is 24.0 Å². The second-order valence-electron chi connectivity index (χ2n) is 7.49. The molecule has 1 fully saturated rings. The average molecular weight is 460 g/mol. The predicted molar refractivity (Wildman–Crippen MR) is 119 cm³/mol. The molecule has 6 nitrogen and oxygen atoms in total. The summed E-state index contributed by atoms with van der Waals surface area (Å²) in [6.45, 7) is 0.172. The molecule has 1 atom stereocenters. The molecule has 1 aliphatic rings. The molecule has 0 unspecified atom stereocenters.